The second-order valence-electron chi connectivity index (χ2n) is 13.1. The number of hydrogen-bond acceptors (Lipinski definition) is 5. The molecular weight excluding hydrogens is 687 g/mol. The second kappa shape index (κ2) is 14.1. The van der Waals surface area contributed by atoms with Crippen molar-refractivity contribution >= 4 is 50.8 Å². The molecule has 3 aromatic carbocycles. The van der Waals surface area contributed by atoms with Crippen LogP contribution in [0.25, 0.3) is 21.2 Å². The molecular formula is C36H34ClF5N2O4S. The number of hydrogen-bond donors (Lipinski definition) is 0. The molecule has 0 bridgehead atoms. The van der Waals surface area contributed by atoms with E-state index in [0.717, 1.165) is 35.6 Å². The van der Waals surface area contributed by atoms with E-state index in [1.54, 1.807) is 61.9 Å². The minimum absolute atomic E-state index is 0.00487. The van der Waals surface area contributed by atoms with Gasteiger partial charge >= 0.3 is 12.3 Å². The molecule has 49 heavy (non-hydrogen) atoms. The number of carbonyl (C=O) groups is 3. The molecule has 6 nitrogen and oxygen atoms in total. The lowest BCUT2D eigenvalue weighted by molar-refractivity contribution is -0.0885. The Labute approximate surface area is 289 Å². The van der Waals surface area contributed by atoms with Crippen LogP contribution in [-0.2, 0) is 11.3 Å². The van der Waals surface area contributed by atoms with Crippen LogP contribution in [0.3, 0.4) is 0 Å². The Kier molecular flexibility index (Phi) is 10.4. The molecule has 260 valence electrons. The quantitative estimate of drug-likeness (QED) is 0.141. The number of benzene rings is 3. The maximum atomic E-state index is 14.7. The summed E-state index contributed by atoms with van der Waals surface area (Å²) in [5.41, 5.74) is 0.741. The summed E-state index contributed by atoms with van der Waals surface area (Å²) in [5, 5.41) is -0.334. The summed E-state index contributed by atoms with van der Waals surface area (Å²) in [5.74, 6) is -3.89. The highest BCUT2D eigenvalue weighted by Crippen LogP contribution is 2.40. The van der Waals surface area contributed by atoms with Crippen molar-refractivity contribution in [1.29, 1.82) is 0 Å². The van der Waals surface area contributed by atoms with E-state index in [2.05, 4.69) is 0 Å². The van der Waals surface area contributed by atoms with Crippen LogP contribution in [0.5, 0.6) is 0 Å². The van der Waals surface area contributed by atoms with Crippen LogP contribution in [0, 0.1) is 11.6 Å². The van der Waals surface area contributed by atoms with E-state index in [4.69, 9.17) is 16.3 Å². The molecule has 1 aliphatic rings. The normalized spacial score (nSPS) is 16.8. The van der Waals surface area contributed by atoms with Crippen molar-refractivity contribution in [3.63, 3.8) is 0 Å². The van der Waals surface area contributed by atoms with Gasteiger partial charge < -0.3 is 14.5 Å². The topological polar surface area (TPSA) is 66.9 Å². The predicted octanol–water partition coefficient (Wildman–Crippen LogP) is 10.1. The van der Waals surface area contributed by atoms with Gasteiger partial charge in [-0.05, 0) is 81.3 Å². The third-order valence-electron chi connectivity index (χ3n) is 8.49. The first-order valence-electron chi connectivity index (χ1n) is 15.6. The lowest BCUT2D eigenvalue weighted by Crippen LogP contribution is -2.47. The molecule has 5 rings (SSSR count). The number of rotatable bonds is 7. The lowest BCUT2D eigenvalue weighted by atomic mass is 9.89. The maximum Gasteiger partial charge on any atom is 0.454 e. The van der Waals surface area contributed by atoms with Gasteiger partial charge in [-0.25, -0.2) is 13.6 Å². The zero-order valence-electron chi connectivity index (χ0n) is 27.2. The molecule has 2 amide bonds. The number of carbonyl (C=O) groups excluding carboxylic acids is 3. The van der Waals surface area contributed by atoms with Crippen LogP contribution in [0.1, 0.15) is 72.0 Å². The fourth-order valence-electron chi connectivity index (χ4n) is 6.00. The third-order valence-corrected chi connectivity index (χ3v) is 10.2. The fraction of sp³-hybridized carbons (Fsp3) is 0.361. The summed E-state index contributed by atoms with van der Waals surface area (Å²) in [6, 6.07) is 13.6. The molecule has 0 N–H and O–H groups in total. The van der Waals surface area contributed by atoms with Crippen molar-refractivity contribution in [3.05, 3.63) is 93.3 Å². The smallest absolute Gasteiger partial charge is 0.444 e. The van der Waals surface area contributed by atoms with Crippen LogP contribution >= 0.6 is 22.9 Å². The molecule has 1 aliphatic carbocycles. The molecule has 0 saturated heterocycles. The van der Waals surface area contributed by atoms with Gasteiger partial charge in [0.1, 0.15) is 22.1 Å². The molecule has 0 atom stereocenters. The standard InChI is InChI=1S/C36H34ClF5N2O4S/c1-35(2,3)48-34(47)43(4)24-12-14-25(15-13-24)44(33(46)31-29(37)28-26(38)16-17-27(39)30(28)49-31)19-20-6-5-7-23(18-20)21-8-10-22(11-9-21)32(45)36(40,41)42/h5-11,16-18,24-25H,12-15,19H2,1-4H3. The number of amides is 2. The molecule has 0 aliphatic heterocycles. The van der Waals surface area contributed by atoms with Gasteiger partial charge in [0.25, 0.3) is 11.7 Å². The van der Waals surface area contributed by atoms with Crippen molar-refractivity contribution in [2.75, 3.05) is 7.05 Å². The van der Waals surface area contributed by atoms with Crippen LogP contribution in [-0.4, -0.2) is 58.5 Å². The highest BCUT2D eigenvalue weighted by Gasteiger charge is 2.39. The minimum Gasteiger partial charge on any atom is -0.444 e. The number of Topliss-reactive ketones (excluding diaryl/α,β-unsaturated/α-hetero) is 1. The highest BCUT2D eigenvalue weighted by atomic mass is 35.5. The van der Waals surface area contributed by atoms with Crippen molar-refractivity contribution in [3.8, 4) is 11.1 Å². The Hall–Kier alpha value is -4.03. The molecule has 1 fully saturated rings. The number of alkyl halides is 3. The molecule has 0 unspecified atom stereocenters. The number of nitrogens with zero attached hydrogens (tertiary/aromatic N) is 2. The van der Waals surface area contributed by atoms with Gasteiger partial charge in [0, 0.05) is 31.2 Å². The lowest BCUT2D eigenvalue weighted by Gasteiger charge is -2.40. The summed E-state index contributed by atoms with van der Waals surface area (Å²) < 4.78 is 73.6. The van der Waals surface area contributed by atoms with Crippen molar-refractivity contribution < 1.29 is 41.1 Å². The zero-order chi connectivity index (χ0) is 35.8. The molecule has 1 heterocycles. The van der Waals surface area contributed by atoms with Crippen LogP contribution in [0.15, 0.2) is 60.7 Å². The van der Waals surface area contributed by atoms with Gasteiger partial charge in [0.05, 0.1) is 15.1 Å². The van der Waals surface area contributed by atoms with Gasteiger partial charge in [-0.15, -0.1) is 11.3 Å². The Morgan fingerprint density at radius 3 is 2.08 bits per heavy atom. The average Bonchev–Trinajstić information content (AvgIpc) is 3.41. The van der Waals surface area contributed by atoms with E-state index in [9.17, 15) is 36.3 Å². The SMILES string of the molecule is CN(C(=O)OC(C)(C)C)C1CCC(N(Cc2cccc(-c3ccc(C(=O)C(F)(F)F)cc3)c2)C(=O)c2sc3c(F)ccc(F)c3c2Cl)CC1. The second-order valence-corrected chi connectivity index (χ2v) is 14.5. The van der Waals surface area contributed by atoms with E-state index < -0.39 is 46.8 Å². The van der Waals surface area contributed by atoms with Gasteiger partial charge in [0.15, 0.2) is 0 Å². The van der Waals surface area contributed by atoms with Crippen LogP contribution in [0.2, 0.25) is 5.02 Å². The van der Waals surface area contributed by atoms with Gasteiger partial charge in [-0.1, -0.05) is 54.1 Å². The van der Waals surface area contributed by atoms with Crippen molar-refractivity contribution in [1.82, 2.24) is 9.80 Å². The summed E-state index contributed by atoms with van der Waals surface area (Å²) >= 11 is 7.32. The molecule has 4 aromatic rings. The zero-order valence-corrected chi connectivity index (χ0v) is 28.7. The first kappa shape index (κ1) is 36.3. The molecule has 0 radical (unpaired) electrons. The summed E-state index contributed by atoms with van der Waals surface area (Å²) in [6.45, 7) is 5.45. The Morgan fingerprint density at radius 1 is 0.878 bits per heavy atom. The first-order valence-corrected chi connectivity index (χ1v) is 16.8. The monoisotopic (exact) mass is 720 g/mol. The number of halogens is 6. The predicted molar refractivity (Wildman–Crippen MR) is 179 cm³/mol. The fourth-order valence-corrected chi connectivity index (χ4v) is 7.50. The third kappa shape index (κ3) is 8.07. The largest absolute Gasteiger partial charge is 0.454 e. The maximum absolute atomic E-state index is 14.7. The Bertz CT molecular complexity index is 1880. The Balaban J connectivity index is 1.44. The molecule has 1 aromatic heterocycles. The molecule has 13 heteroatoms. The van der Waals surface area contributed by atoms with Gasteiger partial charge in [-0.3, -0.25) is 9.59 Å². The van der Waals surface area contributed by atoms with Crippen molar-refractivity contribution in [2.45, 2.75) is 76.9 Å². The van der Waals surface area contributed by atoms with E-state index >= 15 is 0 Å². The molecule has 1 saturated carbocycles. The van der Waals surface area contributed by atoms with Crippen LogP contribution < -0.4 is 0 Å². The minimum atomic E-state index is -4.99. The number of ether oxygens (including phenoxy) is 1. The number of fused-ring (bicyclic) bond motifs is 1. The average molecular weight is 721 g/mol. The van der Waals surface area contributed by atoms with Crippen LogP contribution in [0.4, 0.5) is 26.7 Å². The van der Waals surface area contributed by atoms with E-state index in [1.807, 2.05) is 0 Å². The summed E-state index contributed by atoms with van der Waals surface area (Å²) in [7, 11) is 1.68. The van der Waals surface area contributed by atoms with E-state index in [0.29, 0.717) is 42.4 Å². The highest BCUT2D eigenvalue weighted by molar-refractivity contribution is 7.21. The Morgan fingerprint density at radius 2 is 1.49 bits per heavy atom. The van der Waals surface area contributed by atoms with E-state index in [1.165, 1.54) is 12.1 Å². The van der Waals surface area contributed by atoms with Gasteiger partial charge in [0.2, 0.25) is 0 Å². The van der Waals surface area contributed by atoms with Crippen molar-refractivity contribution in [2.24, 2.45) is 0 Å². The summed E-state index contributed by atoms with van der Waals surface area (Å²) in [6.07, 6.45) is -3.27. The first-order chi connectivity index (χ1) is 22.9. The number of ketones is 1. The van der Waals surface area contributed by atoms with E-state index in [-0.39, 0.29) is 38.6 Å². The molecule has 0 spiro atoms. The number of thiophene rings is 1. The van der Waals surface area contributed by atoms with Gasteiger partial charge in [-0.2, -0.15) is 13.2 Å². The summed E-state index contributed by atoms with van der Waals surface area (Å²) in [4.78, 5) is 41.8.